The highest BCUT2D eigenvalue weighted by Gasteiger charge is 2.68. The minimum Gasteiger partial charge on any atom is -0.743 e. The maximum Gasteiger partial charge on any atom is 0.468 e. The van der Waals surface area contributed by atoms with E-state index in [-0.39, 0.29) is 6.26 Å². The van der Waals surface area contributed by atoms with Crippen LogP contribution in [0.25, 0.3) is 0 Å². The lowest BCUT2D eigenvalue weighted by Crippen LogP contribution is -2.58. The van der Waals surface area contributed by atoms with Crippen LogP contribution in [0.1, 0.15) is 6.42 Å². The minimum absolute atomic E-state index is 0.00466. The van der Waals surface area contributed by atoms with Gasteiger partial charge in [-0.3, -0.25) is 0 Å². The Morgan fingerprint density at radius 2 is 1.52 bits per heavy atom. The molecule has 0 aromatic carbocycles. The molecule has 0 rings (SSSR count). The van der Waals surface area contributed by atoms with Gasteiger partial charge in [0.2, 0.25) is 0 Å². The smallest absolute Gasteiger partial charge is 0.468 e. The quantitative estimate of drug-likeness (QED) is 0.127. The lowest BCUT2D eigenvalue weighted by atomic mass is 10.2. The summed E-state index contributed by atoms with van der Waals surface area (Å²) in [5.41, 5.74) is -2.55. The van der Waals surface area contributed by atoms with Crippen molar-refractivity contribution in [1.82, 2.24) is 0 Å². The van der Waals surface area contributed by atoms with E-state index in [0.29, 0.717) is 0 Å². The van der Waals surface area contributed by atoms with Crippen LogP contribution in [-0.2, 0) is 33.9 Å². The third-order valence-electron chi connectivity index (χ3n) is 2.72. The number of carbonyl (C=O) groups excluding carboxylic acids is 2. The van der Waals surface area contributed by atoms with Crippen molar-refractivity contribution in [2.75, 3.05) is 6.61 Å². The number of ether oxygens (including phenoxy) is 3. The van der Waals surface area contributed by atoms with Crippen LogP contribution in [-0.4, -0.2) is 54.9 Å². The van der Waals surface area contributed by atoms with Gasteiger partial charge in [0.1, 0.15) is 5.57 Å². The second kappa shape index (κ2) is 8.62. The summed E-state index contributed by atoms with van der Waals surface area (Å²) in [5.74, 6) is -10.7. The molecule has 0 saturated heterocycles. The minimum atomic E-state index is -6.39. The number of hydrogen-bond donors (Lipinski definition) is 0. The normalized spacial score (nSPS) is 15.2. The van der Waals surface area contributed by atoms with E-state index in [1.165, 1.54) is 0 Å². The Balaban J connectivity index is 6.04. The maximum absolute atomic E-state index is 13.3. The Kier molecular flexibility index (Phi) is 7.94. The molecule has 29 heavy (non-hydrogen) atoms. The van der Waals surface area contributed by atoms with Crippen molar-refractivity contribution in [3.63, 3.8) is 0 Å². The number of halogens is 8. The van der Waals surface area contributed by atoms with Gasteiger partial charge in [0.25, 0.3) is 0 Å². The molecule has 0 aliphatic carbocycles. The molecular formula is C12H9F8O8S-. The fraction of sp³-hybridized carbons (Fsp3) is 0.500. The Bertz CT molecular complexity index is 770. The summed E-state index contributed by atoms with van der Waals surface area (Å²) < 4.78 is 145. The summed E-state index contributed by atoms with van der Waals surface area (Å²) in [7, 11) is -6.39. The van der Waals surface area contributed by atoms with Gasteiger partial charge in [-0.2, -0.15) is 35.1 Å². The second-order valence-corrected chi connectivity index (χ2v) is 6.25. The molecule has 0 aromatic heterocycles. The summed E-state index contributed by atoms with van der Waals surface area (Å²) in [6.07, 6.45) is -14.2. The molecule has 0 N–H and O–H groups in total. The van der Waals surface area contributed by atoms with Gasteiger partial charge in [0, 0.05) is 6.42 Å². The fourth-order valence-electron chi connectivity index (χ4n) is 1.29. The van der Waals surface area contributed by atoms with E-state index in [4.69, 9.17) is 0 Å². The Morgan fingerprint density at radius 1 is 1.03 bits per heavy atom. The molecule has 0 bridgehead atoms. The van der Waals surface area contributed by atoms with Crippen molar-refractivity contribution in [3.8, 4) is 0 Å². The number of hydrogen-bond acceptors (Lipinski definition) is 8. The van der Waals surface area contributed by atoms with E-state index in [2.05, 4.69) is 27.4 Å². The number of alkyl halides is 8. The molecule has 168 valence electrons. The molecular weight excluding hydrogens is 456 g/mol. The zero-order chi connectivity index (χ0) is 23.5. The average Bonchev–Trinajstić information content (AvgIpc) is 2.49. The van der Waals surface area contributed by atoms with Gasteiger partial charge < -0.3 is 18.8 Å². The largest absolute Gasteiger partial charge is 0.743 e. The van der Waals surface area contributed by atoms with Crippen LogP contribution in [0, 0.1) is 0 Å². The van der Waals surface area contributed by atoms with E-state index in [1.807, 2.05) is 0 Å². The molecule has 0 spiro atoms. The van der Waals surface area contributed by atoms with Crippen molar-refractivity contribution >= 4 is 22.1 Å². The summed E-state index contributed by atoms with van der Waals surface area (Å²) in [6, 6.07) is 0. The second-order valence-electron chi connectivity index (χ2n) is 4.74. The van der Waals surface area contributed by atoms with Crippen LogP contribution in [0.3, 0.4) is 0 Å². The lowest BCUT2D eigenvalue weighted by Gasteiger charge is -2.32. The van der Waals surface area contributed by atoms with Gasteiger partial charge in [-0.25, -0.2) is 18.0 Å². The van der Waals surface area contributed by atoms with Crippen molar-refractivity contribution in [3.05, 3.63) is 25.0 Å². The molecule has 8 nitrogen and oxygen atoms in total. The van der Waals surface area contributed by atoms with Crippen LogP contribution in [0.15, 0.2) is 25.0 Å². The van der Waals surface area contributed by atoms with Gasteiger partial charge in [-0.05, 0) is 0 Å². The van der Waals surface area contributed by atoms with Gasteiger partial charge in [0.05, 0.1) is 12.9 Å². The SMILES string of the molecule is C=COC(=O)C(OCCC(F)(F)S(=O)(=O)[O-])(OC(=O)C(=C)C(F)(F)F)C(F)(F)F. The molecule has 0 aromatic rings. The standard InChI is InChI=1S/C12H10F8O8S/c1-3-26-8(22)10(12(18,19)20,28-7(21)6(2)11(15,16)17)27-5-4-9(13,14)29(23,24)25/h3H,1-2,4-5H2,(H,23,24,25)/p-1. The molecule has 1 atom stereocenters. The number of esters is 2. The Labute approximate surface area is 156 Å². The van der Waals surface area contributed by atoms with E-state index < -0.39 is 64.1 Å². The van der Waals surface area contributed by atoms with Crippen molar-refractivity contribution < 1.29 is 71.9 Å². The summed E-state index contributed by atoms with van der Waals surface area (Å²) in [4.78, 5) is 22.9. The highest BCUT2D eigenvalue weighted by atomic mass is 32.2. The summed E-state index contributed by atoms with van der Waals surface area (Å²) >= 11 is 0. The first kappa shape index (κ1) is 26.7. The van der Waals surface area contributed by atoms with E-state index in [1.54, 1.807) is 0 Å². The first-order valence-corrected chi connectivity index (χ1v) is 7.99. The Hall–Kier alpha value is -2.27. The van der Waals surface area contributed by atoms with Crippen LogP contribution in [0.4, 0.5) is 35.1 Å². The predicted molar refractivity (Wildman–Crippen MR) is 71.6 cm³/mol. The Morgan fingerprint density at radius 3 is 1.86 bits per heavy atom. The molecule has 0 aliphatic rings. The van der Waals surface area contributed by atoms with Crippen molar-refractivity contribution in [2.24, 2.45) is 0 Å². The van der Waals surface area contributed by atoms with Gasteiger partial charge >= 0.3 is 35.3 Å². The first-order chi connectivity index (χ1) is 12.7. The van der Waals surface area contributed by atoms with Crippen molar-refractivity contribution in [2.45, 2.75) is 29.8 Å². The topological polar surface area (TPSA) is 119 Å². The highest BCUT2D eigenvalue weighted by molar-refractivity contribution is 7.86. The average molecular weight is 465 g/mol. The third kappa shape index (κ3) is 6.36. The number of rotatable bonds is 9. The predicted octanol–water partition coefficient (Wildman–Crippen LogP) is 2.14. The van der Waals surface area contributed by atoms with Gasteiger partial charge in [-0.15, -0.1) is 0 Å². The molecule has 0 amide bonds. The monoisotopic (exact) mass is 465 g/mol. The number of carbonyl (C=O) groups is 2. The molecule has 0 aliphatic heterocycles. The molecule has 0 fully saturated rings. The van der Waals surface area contributed by atoms with Gasteiger partial charge in [-0.1, -0.05) is 13.2 Å². The zero-order valence-corrected chi connectivity index (χ0v) is 14.4. The van der Waals surface area contributed by atoms with Crippen LogP contribution in [0.2, 0.25) is 0 Å². The van der Waals surface area contributed by atoms with E-state index in [9.17, 15) is 57.7 Å². The van der Waals surface area contributed by atoms with E-state index >= 15 is 0 Å². The summed E-state index contributed by atoms with van der Waals surface area (Å²) in [6.45, 7) is 2.65. The molecule has 1 unspecified atom stereocenters. The van der Waals surface area contributed by atoms with Crippen molar-refractivity contribution in [1.29, 1.82) is 0 Å². The van der Waals surface area contributed by atoms with Crippen LogP contribution in [0.5, 0.6) is 0 Å². The molecule has 0 heterocycles. The maximum atomic E-state index is 13.3. The molecule has 0 radical (unpaired) electrons. The van der Waals surface area contributed by atoms with Crippen LogP contribution >= 0.6 is 0 Å². The molecule has 0 saturated carbocycles. The third-order valence-corrected chi connectivity index (χ3v) is 3.66. The zero-order valence-electron chi connectivity index (χ0n) is 13.6. The lowest BCUT2D eigenvalue weighted by molar-refractivity contribution is -0.354. The van der Waals surface area contributed by atoms with E-state index in [0.717, 1.165) is 0 Å². The van der Waals surface area contributed by atoms with Gasteiger partial charge in [0.15, 0.2) is 10.1 Å². The first-order valence-electron chi connectivity index (χ1n) is 6.58. The highest BCUT2D eigenvalue weighted by Crippen LogP contribution is 2.39. The van der Waals surface area contributed by atoms with Crippen LogP contribution < -0.4 is 0 Å². The fourth-order valence-corrected chi connectivity index (χ4v) is 1.62. The summed E-state index contributed by atoms with van der Waals surface area (Å²) in [5, 5.41) is -5.20. The molecule has 17 heteroatoms.